The number of rotatable bonds is 3. The lowest BCUT2D eigenvalue weighted by molar-refractivity contribution is 0.865. The standard InChI is InChI=1S/C16H15ClN4/c1-10(11-6-2-4-8-13(11)17)19-16-20-14-9-5-3-7-12(14)15(18)21-16/h2-10H,1H3,(H3,18,19,20,21). The Morgan fingerprint density at radius 2 is 1.76 bits per heavy atom. The molecule has 0 radical (unpaired) electrons. The first kappa shape index (κ1) is 13.6. The lowest BCUT2D eigenvalue weighted by Gasteiger charge is -2.16. The Hall–Kier alpha value is -2.33. The van der Waals surface area contributed by atoms with Crippen molar-refractivity contribution in [3.63, 3.8) is 0 Å². The first-order chi connectivity index (χ1) is 10.1. The molecule has 3 aromatic rings. The van der Waals surface area contributed by atoms with Gasteiger partial charge in [-0.05, 0) is 30.7 Å². The quantitative estimate of drug-likeness (QED) is 0.766. The third-order valence-electron chi connectivity index (χ3n) is 3.35. The van der Waals surface area contributed by atoms with Crippen molar-refractivity contribution < 1.29 is 0 Å². The van der Waals surface area contributed by atoms with Crippen LogP contribution < -0.4 is 11.1 Å². The van der Waals surface area contributed by atoms with Crippen molar-refractivity contribution in [3.05, 3.63) is 59.1 Å². The monoisotopic (exact) mass is 298 g/mol. The van der Waals surface area contributed by atoms with Crippen molar-refractivity contribution in [1.82, 2.24) is 9.97 Å². The second-order valence-corrected chi connectivity index (χ2v) is 5.24. The summed E-state index contributed by atoms with van der Waals surface area (Å²) in [5, 5.41) is 4.81. The van der Waals surface area contributed by atoms with E-state index in [2.05, 4.69) is 15.3 Å². The summed E-state index contributed by atoms with van der Waals surface area (Å²) in [5.41, 5.74) is 7.80. The van der Waals surface area contributed by atoms with Gasteiger partial charge in [-0.1, -0.05) is 41.9 Å². The number of para-hydroxylation sites is 1. The Bertz CT molecular complexity index is 788. The van der Waals surface area contributed by atoms with Crippen molar-refractivity contribution in [3.8, 4) is 0 Å². The maximum Gasteiger partial charge on any atom is 0.225 e. The van der Waals surface area contributed by atoms with Gasteiger partial charge < -0.3 is 11.1 Å². The van der Waals surface area contributed by atoms with E-state index in [1.807, 2.05) is 55.5 Å². The molecule has 2 aromatic carbocycles. The average Bonchev–Trinajstić information content (AvgIpc) is 2.47. The molecule has 1 aromatic heterocycles. The highest BCUT2D eigenvalue weighted by atomic mass is 35.5. The summed E-state index contributed by atoms with van der Waals surface area (Å²) in [6, 6.07) is 15.4. The van der Waals surface area contributed by atoms with Crippen LogP contribution in [0.1, 0.15) is 18.5 Å². The Kier molecular flexibility index (Phi) is 3.62. The Morgan fingerprint density at radius 1 is 1.05 bits per heavy atom. The van der Waals surface area contributed by atoms with Crippen LogP contribution in [0.4, 0.5) is 11.8 Å². The highest BCUT2D eigenvalue weighted by molar-refractivity contribution is 6.31. The topological polar surface area (TPSA) is 63.8 Å². The third kappa shape index (κ3) is 2.76. The number of hydrogen-bond donors (Lipinski definition) is 2. The summed E-state index contributed by atoms with van der Waals surface area (Å²) >= 11 is 6.21. The maximum absolute atomic E-state index is 6.21. The average molecular weight is 299 g/mol. The summed E-state index contributed by atoms with van der Waals surface area (Å²) in [7, 11) is 0. The van der Waals surface area contributed by atoms with Crippen LogP contribution in [0.5, 0.6) is 0 Å². The number of nitrogens with zero attached hydrogens (tertiary/aromatic N) is 2. The van der Waals surface area contributed by atoms with E-state index in [-0.39, 0.29) is 6.04 Å². The van der Waals surface area contributed by atoms with Crippen LogP contribution in [0.25, 0.3) is 10.9 Å². The predicted molar refractivity (Wildman–Crippen MR) is 87.4 cm³/mol. The summed E-state index contributed by atoms with van der Waals surface area (Å²) in [6.07, 6.45) is 0. The largest absolute Gasteiger partial charge is 0.383 e. The Balaban J connectivity index is 1.93. The number of benzene rings is 2. The second kappa shape index (κ2) is 5.58. The van der Waals surface area contributed by atoms with Crippen LogP contribution >= 0.6 is 11.6 Å². The molecule has 106 valence electrons. The van der Waals surface area contributed by atoms with Crippen LogP contribution in [0.15, 0.2) is 48.5 Å². The van der Waals surface area contributed by atoms with E-state index in [0.717, 1.165) is 16.5 Å². The first-order valence-electron chi connectivity index (χ1n) is 6.68. The highest BCUT2D eigenvalue weighted by Crippen LogP contribution is 2.26. The van der Waals surface area contributed by atoms with Crippen molar-refractivity contribution in [2.45, 2.75) is 13.0 Å². The van der Waals surface area contributed by atoms with Gasteiger partial charge in [0.25, 0.3) is 0 Å². The molecule has 0 saturated heterocycles. The first-order valence-corrected chi connectivity index (χ1v) is 7.06. The fraction of sp³-hybridized carbons (Fsp3) is 0.125. The van der Waals surface area contributed by atoms with Gasteiger partial charge in [0.05, 0.1) is 11.6 Å². The number of fused-ring (bicyclic) bond motifs is 1. The zero-order chi connectivity index (χ0) is 14.8. The van der Waals surface area contributed by atoms with Crippen LogP contribution in [-0.2, 0) is 0 Å². The lowest BCUT2D eigenvalue weighted by atomic mass is 10.1. The molecule has 21 heavy (non-hydrogen) atoms. The minimum Gasteiger partial charge on any atom is -0.383 e. The molecule has 0 spiro atoms. The second-order valence-electron chi connectivity index (χ2n) is 4.84. The molecular formula is C16H15ClN4. The minimum absolute atomic E-state index is 0.0146. The molecule has 5 heteroatoms. The minimum atomic E-state index is -0.0146. The summed E-state index contributed by atoms with van der Waals surface area (Å²) < 4.78 is 0. The molecule has 0 fully saturated rings. The fourth-order valence-electron chi connectivity index (χ4n) is 2.26. The molecule has 4 nitrogen and oxygen atoms in total. The van der Waals surface area contributed by atoms with Gasteiger partial charge in [0.15, 0.2) is 0 Å². The molecule has 0 aliphatic carbocycles. The number of anilines is 2. The summed E-state index contributed by atoms with van der Waals surface area (Å²) in [4.78, 5) is 8.79. The van der Waals surface area contributed by atoms with Crippen LogP contribution in [0, 0.1) is 0 Å². The maximum atomic E-state index is 6.21. The number of aromatic nitrogens is 2. The molecule has 0 aliphatic rings. The number of nitrogens with two attached hydrogens (primary N) is 1. The van der Waals surface area contributed by atoms with E-state index >= 15 is 0 Å². The SMILES string of the molecule is CC(Nc1nc(N)c2ccccc2n1)c1ccccc1Cl. The van der Waals surface area contributed by atoms with Gasteiger partial charge in [0.2, 0.25) is 5.95 Å². The van der Waals surface area contributed by atoms with Gasteiger partial charge >= 0.3 is 0 Å². The molecule has 0 amide bonds. The van der Waals surface area contributed by atoms with Gasteiger partial charge in [-0.3, -0.25) is 0 Å². The molecule has 1 heterocycles. The summed E-state index contributed by atoms with van der Waals surface area (Å²) in [5.74, 6) is 0.966. The van der Waals surface area contributed by atoms with Crippen molar-refractivity contribution in [2.75, 3.05) is 11.1 Å². The smallest absolute Gasteiger partial charge is 0.225 e. The van der Waals surface area contributed by atoms with E-state index in [9.17, 15) is 0 Å². The molecule has 3 N–H and O–H groups in total. The van der Waals surface area contributed by atoms with E-state index < -0.39 is 0 Å². The predicted octanol–water partition coefficient (Wildman–Crippen LogP) is 4.04. The Labute approximate surface area is 128 Å². The highest BCUT2D eigenvalue weighted by Gasteiger charge is 2.11. The van der Waals surface area contributed by atoms with Crippen molar-refractivity contribution >= 4 is 34.3 Å². The van der Waals surface area contributed by atoms with E-state index in [1.165, 1.54) is 0 Å². The summed E-state index contributed by atoms with van der Waals surface area (Å²) in [6.45, 7) is 2.01. The third-order valence-corrected chi connectivity index (χ3v) is 3.69. The number of halogens is 1. The van der Waals surface area contributed by atoms with Crippen molar-refractivity contribution in [2.24, 2.45) is 0 Å². The number of nitrogen functional groups attached to an aromatic ring is 1. The van der Waals surface area contributed by atoms with Crippen molar-refractivity contribution in [1.29, 1.82) is 0 Å². The Morgan fingerprint density at radius 3 is 2.57 bits per heavy atom. The number of hydrogen-bond acceptors (Lipinski definition) is 4. The van der Waals surface area contributed by atoms with E-state index in [4.69, 9.17) is 17.3 Å². The van der Waals surface area contributed by atoms with Crippen LogP contribution in [-0.4, -0.2) is 9.97 Å². The van der Waals surface area contributed by atoms with Gasteiger partial charge in [-0.2, -0.15) is 4.98 Å². The van der Waals surface area contributed by atoms with Crippen LogP contribution in [0.2, 0.25) is 5.02 Å². The van der Waals surface area contributed by atoms with Gasteiger partial charge in [0.1, 0.15) is 5.82 Å². The molecular weight excluding hydrogens is 284 g/mol. The number of nitrogens with one attached hydrogen (secondary N) is 1. The lowest BCUT2D eigenvalue weighted by Crippen LogP contribution is -2.11. The molecule has 0 bridgehead atoms. The molecule has 0 saturated carbocycles. The zero-order valence-corrected chi connectivity index (χ0v) is 12.3. The van der Waals surface area contributed by atoms with E-state index in [1.54, 1.807) is 0 Å². The van der Waals surface area contributed by atoms with Gasteiger partial charge in [-0.25, -0.2) is 4.98 Å². The van der Waals surface area contributed by atoms with Gasteiger partial charge in [-0.15, -0.1) is 0 Å². The van der Waals surface area contributed by atoms with Gasteiger partial charge in [0, 0.05) is 10.4 Å². The normalized spacial score (nSPS) is 12.3. The molecule has 1 atom stereocenters. The molecule has 3 rings (SSSR count). The molecule has 0 aliphatic heterocycles. The zero-order valence-electron chi connectivity index (χ0n) is 11.5. The fourth-order valence-corrected chi connectivity index (χ4v) is 2.56. The molecule has 1 unspecified atom stereocenters. The van der Waals surface area contributed by atoms with Crippen LogP contribution in [0.3, 0.4) is 0 Å². The van der Waals surface area contributed by atoms with E-state index in [0.29, 0.717) is 16.8 Å².